The standard InChI is InChI=1S/C17H21FN4O2.2ClH/c1-24-12-17(5-8-19-9-6-17)16(23)21-13-3-4-15(14(18)11-13)22-10-2-7-20-22;;/h2-4,7,10-11,19H,5-6,8-9,12H2,1H3,(H,21,23);2*1H. The average molecular weight is 405 g/mol. The number of carbonyl (C=O) groups excluding carboxylic acids is 1. The molecule has 26 heavy (non-hydrogen) atoms. The molecule has 1 aromatic carbocycles. The molecular weight excluding hydrogens is 382 g/mol. The van der Waals surface area contributed by atoms with Gasteiger partial charge >= 0.3 is 0 Å². The fraction of sp³-hybridized carbons (Fsp3) is 0.412. The number of piperidine rings is 1. The van der Waals surface area contributed by atoms with E-state index < -0.39 is 11.2 Å². The molecule has 0 saturated carbocycles. The summed E-state index contributed by atoms with van der Waals surface area (Å²) in [5.74, 6) is -0.570. The van der Waals surface area contributed by atoms with Gasteiger partial charge in [-0.3, -0.25) is 4.79 Å². The predicted molar refractivity (Wildman–Crippen MR) is 103 cm³/mol. The molecule has 1 aliphatic heterocycles. The van der Waals surface area contributed by atoms with Gasteiger partial charge in [-0.05, 0) is 50.2 Å². The van der Waals surface area contributed by atoms with Gasteiger partial charge in [0, 0.05) is 25.2 Å². The van der Waals surface area contributed by atoms with Crippen LogP contribution in [0.1, 0.15) is 12.8 Å². The zero-order valence-electron chi connectivity index (χ0n) is 14.4. The second-order valence-corrected chi connectivity index (χ2v) is 6.03. The van der Waals surface area contributed by atoms with Gasteiger partial charge in [-0.1, -0.05) is 0 Å². The maximum atomic E-state index is 14.3. The van der Waals surface area contributed by atoms with Crippen molar-refractivity contribution in [3.05, 3.63) is 42.5 Å². The summed E-state index contributed by atoms with van der Waals surface area (Å²) in [5.41, 5.74) is 0.200. The van der Waals surface area contributed by atoms with Crippen molar-refractivity contribution in [3.63, 3.8) is 0 Å². The zero-order chi connectivity index (χ0) is 17.0. The molecule has 0 radical (unpaired) electrons. The van der Waals surface area contributed by atoms with Crippen molar-refractivity contribution in [1.29, 1.82) is 0 Å². The van der Waals surface area contributed by atoms with Crippen LogP contribution in [0.25, 0.3) is 5.69 Å². The van der Waals surface area contributed by atoms with Gasteiger partial charge in [0.05, 0.1) is 12.0 Å². The summed E-state index contributed by atoms with van der Waals surface area (Å²) in [5, 5.41) is 10.1. The van der Waals surface area contributed by atoms with E-state index in [1.807, 2.05) is 0 Å². The fourth-order valence-electron chi connectivity index (χ4n) is 3.06. The molecule has 1 saturated heterocycles. The maximum Gasteiger partial charge on any atom is 0.233 e. The highest BCUT2D eigenvalue weighted by atomic mass is 35.5. The highest BCUT2D eigenvalue weighted by Gasteiger charge is 2.39. The molecule has 1 fully saturated rings. The predicted octanol–water partition coefficient (Wildman–Crippen LogP) is 2.81. The first-order valence-corrected chi connectivity index (χ1v) is 7.95. The number of hydrogen-bond acceptors (Lipinski definition) is 4. The number of ether oxygens (including phenoxy) is 1. The van der Waals surface area contributed by atoms with E-state index in [9.17, 15) is 9.18 Å². The van der Waals surface area contributed by atoms with Crippen LogP contribution in [-0.4, -0.2) is 42.5 Å². The number of amides is 1. The third-order valence-electron chi connectivity index (χ3n) is 4.42. The Morgan fingerprint density at radius 3 is 2.69 bits per heavy atom. The number of anilines is 1. The number of nitrogens with one attached hydrogen (secondary N) is 2. The van der Waals surface area contributed by atoms with E-state index in [-0.39, 0.29) is 30.7 Å². The van der Waals surface area contributed by atoms with Gasteiger partial charge in [-0.25, -0.2) is 9.07 Å². The Morgan fingerprint density at radius 1 is 1.38 bits per heavy atom. The van der Waals surface area contributed by atoms with Crippen LogP contribution in [-0.2, 0) is 9.53 Å². The third-order valence-corrected chi connectivity index (χ3v) is 4.42. The van der Waals surface area contributed by atoms with Crippen LogP contribution in [0.4, 0.5) is 10.1 Å². The number of carbonyl (C=O) groups is 1. The molecule has 1 amide bonds. The number of aromatic nitrogens is 2. The molecule has 0 bridgehead atoms. The van der Waals surface area contributed by atoms with Crippen LogP contribution in [0.2, 0.25) is 0 Å². The largest absolute Gasteiger partial charge is 0.384 e. The summed E-state index contributed by atoms with van der Waals surface area (Å²) in [6, 6.07) is 6.32. The molecule has 1 aromatic heterocycles. The number of halogens is 3. The molecule has 0 unspecified atom stereocenters. The van der Waals surface area contributed by atoms with Crippen LogP contribution in [0, 0.1) is 11.2 Å². The Hall–Kier alpha value is -1.67. The Labute approximate surface area is 164 Å². The van der Waals surface area contributed by atoms with Gasteiger partial charge in [-0.15, -0.1) is 24.8 Å². The maximum absolute atomic E-state index is 14.3. The Balaban J connectivity index is 0.00000169. The van der Waals surface area contributed by atoms with Gasteiger partial charge < -0.3 is 15.4 Å². The molecule has 1 aliphatic rings. The number of rotatable bonds is 5. The molecule has 0 aliphatic carbocycles. The van der Waals surface area contributed by atoms with Gasteiger partial charge in [0.1, 0.15) is 5.69 Å². The van der Waals surface area contributed by atoms with E-state index in [0.717, 1.165) is 13.1 Å². The summed E-state index contributed by atoms with van der Waals surface area (Å²) in [4.78, 5) is 12.7. The van der Waals surface area contributed by atoms with Crippen molar-refractivity contribution in [2.45, 2.75) is 12.8 Å². The Kier molecular flexibility index (Phi) is 8.49. The van der Waals surface area contributed by atoms with Gasteiger partial charge in [0.15, 0.2) is 5.82 Å². The van der Waals surface area contributed by atoms with Crippen LogP contribution in [0.5, 0.6) is 0 Å². The number of hydrogen-bond donors (Lipinski definition) is 2. The minimum Gasteiger partial charge on any atom is -0.384 e. The smallest absolute Gasteiger partial charge is 0.233 e. The van der Waals surface area contributed by atoms with E-state index >= 15 is 0 Å². The Bertz CT molecular complexity index is 701. The van der Waals surface area contributed by atoms with Crippen molar-refractivity contribution in [3.8, 4) is 5.69 Å². The molecule has 144 valence electrons. The Morgan fingerprint density at radius 2 is 2.12 bits per heavy atom. The lowest BCUT2D eigenvalue weighted by molar-refractivity contribution is -0.130. The summed E-state index contributed by atoms with van der Waals surface area (Å²) >= 11 is 0. The second-order valence-electron chi connectivity index (χ2n) is 6.03. The number of benzene rings is 1. The molecule has 3 rings (SSSR count). The van der Waals surface area contributed by atoms with Crippen molar-refractivity contribution < 1.29 is 13.9 Å². The van der Waals surface area contributed by atoms with E-state index in [1.165, 1.54) is 10.7 Å². The normalized spacial score (nSPS) is 15.5. The molecule has 9 heteroatoms. The molecule has 2 N–H and O–H groups in total. The first-order chi connectivity index (χ1) is 11.6. The average Bonchev–Trinajstić information content (AvgIpc) is 3.10. The zero-order valence-corrected chi connectivity index (χ0v) is 16.0. The highest BCUT2D eigenvalue weighted by molar-refractivity contribution is 5.95. The summed E-state index contributed by atoms with van der Waals surface area (Å²) in [7, 11) is 1.59. The minimum atomic E-state index is -0.572. The van der Waals surface area contributed by atoms with Crippen molar-refractivity contribution >= 4 is 36.4 Å². The number of nitrogens with zero attached hydrogens (tertiary/aromatic N) is 2. The summed E-state index contributed by atoms with van der Waals surface area (Å²) in [6.07, 6.45) is 4.64. The quantitative estimate of drug-likeness (QED) is 0.803. The molecule has 2 heterocycles. The van der Waals surface area contributed by atoms with E-state index in [1.54, 1.807) is 37.7 Å². The van der Waals surface area contributed by atoms with Gasteiger partial charge in [0.25, 0.3) is 0 Å². The first-order valence-electron chi connectivity index (χ1n) is 7.95. The van der Waals surface area contributed by atoms with E-state index in [0.29, 0.717) is 30.8 Å². The third kappa shape index (κ3) is 4.73. The minimum absolute atomic E-state index is 0. The molecule has 6 nitrogen and oxygen atoms in total. The van der Waals surface area contributed by atoms with Crippen LogP contribution in [0.15, 0.2) is 36.7 Å². The fourth-order valence-corrected chi connectivity index (χ4v) is 3.06. The molecule has 2 aromatic rings. The van der Waals surface area contributed by atoms with Crippen LogP contribution >= 0.6 is 24.8 Å². The van der Waals surface area contributed by atoms with Crippen LogP contribution in [0.3, 0.4) is 0 Å². The van der Waals surface area contributed by atoms with Gasteiger partial charge in [-0.2, -0.15) is 5.10 Å². The topological polar surface area (TPSA) is 68.2 Å². The van der Waals surface area contributed by atoms with E-state index in [4.69, 9.17) is 4.74 Å². The number of methoxy groups -OCH3 is 1. The summed E-state index contributed by atoms with van der Waals surface area (Å²) in [6.45, 7) is 1.89. The van der Waals surface area contributed by atoms with Crippen LogP contribution < -0.4 is 10.6 Å². The molecule has 0 spiro atoms. The van der Waals surface area contributed by atoms with Gasteiger partial charge in [0.2, 0.25) is 5.91 Å². The SMILES string of the molecule is COCC1(C(=O)Nc2ccc(-n3cccn3)c(F)c2)CCNCC1.Cl.Cl. The van der Waals surface area contributed by atoms with Crippen molar-refractivity contribution in [2.24, 2.45) is 5.41 Å². The lowest BCUT2D eigenvalue weighted by Crippen LogP contribution is -2.47. The lowest BCUT2D eigenvalue weighted by atomic mass is 9.78. The highest BCUT2D eigenvalue weighted by Crippen LogP contribution is 2.31. The second kappa shape index (κ2) is 9.87. The summed E-state index contributed by atoms with van der Waals surface area (Å²) < 4.78 is 21.0. The molecule has 0 atom stereocenters. The lowest BCUT2D eigenvalue weighted by Gasteiger charge is -2.35. The molecular formula is C17H23Cl2FN4O2. The van der Waals surface area contributed by atoms with Crippen molar-refractivity contribution in [1.82, 2.24) is 15.1 Å². The van der Waals surface area contributed by atoms with E-state index in [2.05, 4.69) is 15.7 Å². The monoisotopic (exact) mass is 404 g/mol. The first kappa shape index (κ1) is 22.4. The van der Waals surface area contributed by atoms with Crippen molar-refractivity contribution in [2.75, 3.05) is 32.1 Å².